The number of carbonyl (C=O) groups excluding carboxylic acids is 2. The molecule has 0 radical (unpaired) electrons. The summed E-state index contributed by atoms with van der Waals surface area (Å²) in [6.07, 6.45) is 12.3. The lowest BCUT2D eigenvalue weighted by Gasteiger charge is -2.03. The number of esters is 1. The number of rotatable bonds is 11. The first-order valence-corrected chi connectivity index (χ1v) is 7.24. The summed E-state index contributed by atoms with van der Waals surface area (Å²) in [5, 5.41) is 2.74. The molecule has 0 bridgehead atoms. The average molecular weight is 269 g/mol. The van der Waals surface area contributed by atoms with Crippen molar-refractivity contribution in [1.82, 2.24) is 5.32 Å². The predicted molar refractivity (Wildman–Crippen MR) is 76.8 cm³/mol. The summed E-state index contributed by atoms with van der Waals surface area (Å²) in [5.41, 5.74) is 0. The third-order valence-corrected chi connectivity index (χ3v) is 2.90. The Morgan fingerprint density at radius 3 is 2.11 bits per heavy atom. The Labute approximate surface area is 116 Å². The third-order valence-electron chi connectivity index (χ3n) is 2.90. The first kappa shape index (κ1) is 17.7. The highest BCUT2D eigenvalue weighted by Crippen LogP contribution is 2.07. The Kier molecular flexibility index (Phi) is 12.2. The van der Waals surface area contributed by atoms with E-state index in [2.05, 4.69) is 17.0 Å². The van der Waals surface area contributed by atoms with E-state index < -0.39 is 5.97 Å². The molecule has 110 valence electrons. The van der Waals surface area contributed by atoms with Crippen LogP contribution in [0.3, 0.4) is 0 Å². The van der Waals surface area contributed by atoms with Crippen molar-refractivity contribution < 1.29 is 14.3 Å². The zero-order chi connectivity index (χ0) is 14.3. The summed E-state index contributed by atoms with van der Waals surface area (Å²) in [6.45, 7) is 2.89. The first-order valence-electron chi connectivity index (χ1n) is 7.24. The highest BCUT2D eigenvalue weighted by Gasteiger charge is 1.97. The molecule has 4 nitrogen and oxygen atoms in total. The molecule has 0 fully saturated rings. The van der Waals surface area contributed by atoms with Crippen molar-refractivity contribution in [2.75, 3.05) is 13.7 Å². The standard InChI is InChI=1S/C15H27NO3/c1-3-4-5-6-7-8-9-10-13-16-14(17)11-12-15(18)19-2/h11-12H,3-10,13H2,1-2H3,(H,16,17). The number of nitrogens with one attached hydrogen (secondary N) is 1. The van der Waals surface area contributed by atoms with Gasteiger partial charge >= 0.3 is 5.97 Å². The van der Waals surface area contributed by atoms with Crippen molar-refractivity contribution in [1.29, 1.82) is 0 Å². The van der Waals surface area contributed by atoms with Crippen molar-refractivity contribution in [3.05, 3.63) is 12.2 Å². The molecule has 0 aliphatic rings. The van der Waals surface area contributed by atoms with E-state index in [1.807, 2.05) is 0 Å². The van der Waals surface area contributed by atoms with E-state index in [1.54, 1.807) is 0 Å². The number of carbonyl (C=O) groups is 2. The van der Waals surface area contributed by atoms with E-state index in [0.717, 1.165) is 18.9 Å². The number of hydrogen-bond acceptors (Lipinski definition) is 3. The molecule has 19 heavy (non-hydrogen) atoms. The summed E-state index contributed by atoms with van der Waals surface area (Å²) in [7, 11) is 1.28. The SMILES string of the molecule is CCCCCCCCCCNC(=O)C=CC(=O)OC. The molecule has 0 saturated heterocycles. The fraction of sp³-hybridized carbons (Fsp3) is 0.733. The molecule has 0 saturated carbocycles. The van der Waals surface area contributed by atoms with Gasteiger partial charge in [0, 0.05) is 18.7 Å². The minimum Gasteiger partial charge on any atom is -0.466 e. The maximum absolute atomic E-state index is 11.3. The summed E-state index contributed by atoms with van der Waals surface area (Å²) in [5.74, 6) is -0.754. The topological polar surface area (TPSA) is 55.4 Å². The maximum Gasteiger partial charge on any atom is 0.330 e. The normalized spacial score (nSPS) is 10.6. The van der Waals surface area contributed by atoms with Gasteiger partial charge in [0.2, 0.25) is 5.91 Å². The Morgan fingerprint density at radius 2 is 1.53 bits per heavy atom. The molecule has 1 amide bonds. The second kappa shape index (κ2) is 13.1. The van der Waals surface area contributed by atoms with Crippen LogP contribution in [-0.2, 0) is 14.3 Å². The molecule has 0 aromatic rings. The van der Waals surface area contributed by atoms with Crippen LogP contribution >= 0.6 is 0 Å². The van der Waals surface area contributed by atoms with Gasteiger partial charge in [-0.1, -0.05) is 51.9 Å². The van der Waals surface area contributed by atoms with Gasteiger partial charge in [0.15, 0.2) is 0 Å². The number of amides is 1. The van der Waals surface area contributed by atoms with E-state index in [0.29, 0.717) is 6.54 Å². The molecule has 0 aromatic heterocycles. The van der Waals surface area contributed by atoms with Gasteiger partial charge in [-0.2, -0.15) is 0 Å². The summed E-state index contributed by atoms with van der Waals surface area (Å²) < 4.78 is 4.39. The fourth-order valence-electron chi connectivity index (χ4n) is 1.74. The van der Waals surface area contributed by atoms with E-state index in [1.165, 1.54) is 51.7 Å². The van der Waals surface area contributed by atoms with E-state index >= 15 is 0 Å². The highest BCUT2D eigenvalue weighted by atomic mass is 16.5. The number of hydrogen-bond donors (Lipinski definition) is 1. The van der Waals surface area contributed by atoms with Gasteiger partial charge in [0.25, 0.3) is 0 Å². The van der Waals surface area contributed by atoms with Gasteiger partial charge in [-0.25, -0.2) is 4.79 Å². The Hall–Kier alpha value is -1.32. The van der Waals surface area contributed by atoms with Crippen LogP contribution in [0.4, 0.5) is 0 Å². The van der Waals surface area contributed by atoms with Gasteiger partial charge < -0.3 is 10.1 Å². The zero-order valence-corrected chi connectivity index (χ0v) is 12.2. The van der Waals surface area contributed by atoms with Crippen LogP contribution in [0.5, 0.6) is 0 Å². The van der Waals surface area contributed by atoms with Crippen LogP contribution in [-0.4, -0.2) is 25.5 Å². The number of ether oxygens (including phenoxy) is 1. The van der Waals surface area contributed by atoms with Crippen LogP contribution in [0.15, 0.2) is 12.2 Å². The van der Waals surface area contributed by atoms with Gasteiger partial charge in [0.05, 0.1) is 7.11 Å². The first-order chi connectivity index (χ1) is 9.20. The largest absolute Gasteiger partial charge is 0.466 e. The van der Waals surface area contributed by atoms with E-state index in [9.17, 15) is 9.59 Å². The Morgan fingerprint density at radius 1 is 0.947 bits per heavy atom. The zero-order valence-electron chi connectivity index (χ0n) is 12.2. The lowest BCUT2D eigenvalue weighted by atomic mass is 10.1. The quantitative estimate of drug-likeness (QED) is 0.356. The van der Waals surface area contributed by atoms with E-state index in [-0.39, 0.29) is 5.91 Å². The number of unbranched alkanes of at least 4 members (excludes halogenated alkanes) is 7. The van der Waals surface area contributed by atoms with Gasteiger partial charge in [-0.3, -0.25) is 4.79 Å². The minimum absolute atomic E-state index is 0.242. The van der Waals surface area contributed by atoms with Crippen molar-refractivity contribution >= 4 is 11.9 Å². The van der Waals surface area contributed by atoms with Crippen LogP contribution in [0.25, 0.3) is 0 Å². The highest BCUT2D eigenvalue weighted by molar-refractivity contribution is 5.94. The van der Waals surface area contributed by atoms with Gasteiger partial charge in [0.1, 0.15) is 0 Å². The number of methoxy groups -OCH3 is 1. The molecule has 0 atom stereocenters. The second-order valence-corrected chi connectivity index (χ2v) is 4.62. The Balaban J connectivity index is 3.32. The summed E-state index contributed by atoms with van der Waals surface area (Å²) in [4.78, 5) is 22.0. The van der Waals surface area contributed by atoms with Gasteiger partial charge in [-0.05, 0) is 6.42 Å². The lowest BCUT2D eigenvalue weighted by molar-refractivity contribution is -0.135. The molecule has 0 aliphatic heterocycles. The minimum atomic E-state index is -0.512. The van der Waals surface area contributed by atoms with Crippen LogP contribution in [0.1, 0.15) is 58.3 Å². The van der Waals surface area contributed by atoms with Gasteiger partial charge in [-0.15, -0.1) is 0 Å². The second-order valence-electron chi connectivity index (χ2n) is 4.62. The molecule has 0 spiro atoms. The van der Waals surface area contributed by atoms with Crippen molar-refractivity contribution in [3.63, 3.8) is 0 Å². The average Bonchev–Trinajstić information content (AvgIpc) is 2.42. The van der Waals surface area contributed by atoms with Crippen LogP contribution in [0.2, 0.25) is 0 Å². The smallest absolute Gasteiger partial charge is 0.330 e. The van der Waals surface area contributed by atoms with Crippen LogP contribution < -0.4 is 5.32 Å². The third kappa shape index (κ3) is 12.9. The van der Waals surface area contributed by atoms with E-state index in [4.69, 9.17) is 0 Å². The lowest BCUT2D eigenvalue weighted by Crippen LogP contribution is -2.22. The molecule has 0 aromatic carbocycles. The fourth-order valence-corrected chi connectivity index (χ4v) is 1.74. The molecule has 0 rings (SSSR count). The molecule has 1 N–H and O–H groups in total. The summed E-state index contributed by atoms with van der Waals surface area (Å²) >= 11 is 0. The molecule has 0 unspecified atom stereocenters. The van der Waals surface area contributed by atoms with Crippen LogP contribution in [0, 0.1) is 0 Å². The molecule has 4 heteroatoms. The molecule has 0 heterocycles. The van der Waals surface area contributed by atoms with Crippen molar-refractivity contribution in [3.8, 4) is 0 Å². The molecule has 0 aliphatic carbocycles. The molecular formula is C15H27NO3. The van der Waals surface area contributed by atoms with Crippen molar-refractivity contribution in [2.24, 2.45) is 0 Å². The molecular weight excluding hydrogens is 242 g/mol. The maximum atomic E-state index is 11.3. The predicted octanol–water partition coefficient (Wildman–Crippen LogP) is 2.97. The Bertz CT molecular complexity index is 275. The summed E-state index contributed by atoms with van der Waals surface area (Å²) in [6, 6.07) is 0. The van der Waals surface area contributed by atoms with Crippen molar-refractivity contribution in [2.45, 2.75) is 58.3 Å². The monoisotopic (exact) mass is 269 g/mol.